The Labute approximate surface area is 171 Å². The van der Waals surface area contributed by atoms with Crippen LogP contribution in [0.15, 0.2) is 61.2 Å². The standard InChI is InChI=1S/C23H27NO5/c1-5-13-28-20-12-11-18(14-21(20)27-4)23(26)24-19(15-22(25)29-16(2)3)17-9-7-6-8-10-17/h5-12,14,16,19H,1,13,15H2,2-4H3,(H,24,26). The summed E-state index contributed by atoms with van der Waals surface area (Å²) in [5.74, 6) is 0.253. The smallest absolute Gasteiger partial charge is 0.308 e. The summed E-state index contributed by atoms with van der Waals surface area (Å²) in [5, 5.41) is 2.92. The van der Waals surface area contributed by atoms with Gasteiger partial charge in [-0.3, -0.25) is 9.59 Å². The third-order valence-corrected chi connectivity index (χ3v) is 4.03. The average Bonchev–Trinajstić information content (AvgIpc) is 2.71. The van der Waals surface area contributed by atoms with Gasteiger partial charge in [0.25, 0.3) is 5.91 Å². The molecule has 2 aromatic carbocycles. The van der Waals surface area contributed by atoms with Crippen molar-refractivity contribution in [1.29, 1.82) is 0 Å². The van der Waals surface area contributed by atoms with Crippen LogP contribution in [0.5, 0.6) is 11.5 Å². The zero-order valence-electron chi connectivity index (χ0n) is 17.0. The number of benzene rings is 2. The summed E-state index contributed by atoms with van der Waals surface area (Å²) in [4.78, 5) is 25.0. The van der Waals surface area contributed by atoms with Crippen LogP contribution < -0.4 is 14.8 Å². The third-order valence-electron chi connectivity index (χ3n) is 4.03. The van der Waals surface area contributed by atoms with Crippen LogP contribution >= 0.6 is 0 Å². The van der Waals surface area contributed by atoms with Gasteiger partial charge in [0.2, 0.25) is 0 Å². The number of nitrogens with one attached hydrogen (secondary N) is 1. The van der Waals surface area contributed by atoms with Crippen molar-refractivity contribution in [2.75, 3.05) is 13.7 Å². The van der Waals surface area contributed by atoms with E-state index in [9.17, 15) is 9.59 Å². The second-order valence-corrected chi connectivity index (χ2v) is 6.64. The molecule has 6 heteroatoms. The van der Waals surface area contributed by atoms with Gasteiger partial charge in [-0.25, -0.2) is 0 Å². The Bertz CT molecular complexity index is 832. The van der Waals surface area contributed by atoms with E-state index in [0.717, 1.165) is 5.56 Å². The first-order valence-corrected chi connectivity index (χ1v) is 9.41. The first-order chi connectivity index (χ1) is 13.9. The highest BCUT2D eigenvalue weighted by Gasteiger charge is 2.21. The quantitative estimate of drug-likeness (QED) is 0.483. The molecule has 1 N–H and O–H groups in total. The predicted molar refractivity (Wildman–Crippen MR) is 111 cm³/mol. The molecule has 6 nitrogen and oxygen atoms in total. The molecule has 0 saturated heterocycles. The number of rotatable bonds is 10. The van der Waals surface area contributed by atoms with Crippen LogP contribution in [0.3, 0.4) is 0 Å². The monoisotopic (exact) mass is 397 g/mol. The molecular formula is C23H27NO5. The minimum atomic E-state index is -0.516. The van der Waals surface area contributed by atoms with E-state index >= 15 is 0 Å². The number of methoxy groups -OCH3 is 1. The van der Waals surface area contributed by atoms with Gasteiger partial charge in [-0.05, 0) is 37.6 Å². The van der Waals surface area contributed by atoms with E-state index < -0.39 is 6.04 Å². The highest BCUT2D eigenvalue weighted by atomic mass is 16.5. The molecule has 1 amide bonds. The number of hydrogen-bond donors (Lipinski definition) is 1. The number of carbonyl (C=O) groups excluding carboxylic acids is 2. The van der Waals surface area contributed by atoms with Gasteiger partial charge in [-0.15, -0.1) is 0 Å². The van der Waals surface area contributed by atoms with Gasteiger partial charge in [-0.2, -0.15) is 0 Å². The molecule has 0 fully saturated rings. The molecule has 0 aliphatic carbocycles. The summed E-state index contributed by atoms with van der Waals surface area (Å²) in [5.41, 5.74) is 1.21. The maximum Gasteiger partial charge on any atom is 0.308 e. The van der Waals surface area contributed by atoms with Crippen LogP contribution in [-0.2, 0) is 9.53 Å². The Kier molecular flexibility index (Phi) is 8.27. The Balaban J connectivity index is 2.20. The highest BCUT2D eigenvalue weighted by molar-refractivity contribution is 5.95. The lowest BCUT2D eigenvalue weighted by molar-refractivity contribution is -0.147. The van der Waals surface area contributed by atoms with Crippen molar-refractivity contribution >= 4 is 11.9 Å². The Hall–Kier alpha value is -3.28. The molecule has 0 aromatic heterocycles. The lowest BCUT2D eigenvalue weighted by atomic mass is 10.0. The maximum atomic E-state index is 12.8. The molecule has 29 heavy (non-hydrogen) atoms. The topological polar surface area (TPSA) is 73.9 Å². The summed E-state index contributed by atoms with van der Waals surface area (Å²) in [6, 6.07) is 13.7. The van der Waals surface area contributed by atoms with Crippen LogP contribution in [0.1, 0.15) is 42.2 Å². The zero-order chi connectivity index (χ0) is 21.2. The van der Waals surface area contributed by atoms with E-state index in [-0.39, 0.29) is 24.4 Å². The van der Waals surface area contributed by atoms with Gasteiger partial charge in [-0.1, -0.05) is 43.0 Å². The zero-order valence-corrected chi connectivity index (χ0v) is 17.0. The maximum absolute atomic E-state index is 12.8. The lowest BCUT2D eigenvalue weighted by Gasteiger charge is -2.20. The fraction of sp³-hybridized carbons (Fsp3) is 0.304. The van der Waals surface area contributed by atoms with Crippen molar-refractivity contribution in [2.45, 2.75) is 32.4 Å². The van der Waals surface area contributed by atoms with Gasteiger partial charge in [0.05, 0.1) is 25.7 Å². The number of ether oxygens (including phenoxy) is 3. The molecule has 0 radical (unpaired) electrons. The van der Waals surface area contributed by atoms with Crippen LogP contribution in [-0.4, -0.2) is 31.7 Å². The van der Waals surface area contributed by atoms with Gasteiger partial charge >= 0.3 is 5.97 Å². The second-order valence-electron chi connectivity index (χ2n) is 6.64. The second kappa shape index (κ2) is 10.9. The van der Waals surface area contributed by atoms with Crippen molar-refractivity contribution in [3.63, 3.8) is 0 Å². The summed E-state index contributed by atoms with van der Waals surface area (Å²) in [7, 11) is 1.51. The summed E-state index contributed by atoms with van der Waals surface area (Å²) >= 11 is 0. The first kappa shape index (κ1) is 22.0. The molecule has 1 atom stereocenters. The number of amides is 1. The van der Waals surface area contributed by atoms with Crippen LogP contribution in [0.25, 0.3) is 0 Å². The molecule has 0 bridgehead atoms. The van der Waals surface area contributed by atoms with Gasteiger partial charge in [0.1, 0.15) is 6.61 Å². The van der Waals surface area contributed by atoms with Gasteiger partial charge in [0, 0.05) is 5.56 Å². The Morgan fingerprint density at radius 3 is 2.45 bits per heavy atom. The number of carbonyl (C=O) groups is 2. The first-order valence-electron chi connectivity index (χ1n) is 9.41. The fourth-order valence-corrected chi connectivity index (χ4v) is 2.73. The van der Waals surface area contributed by atoms with E-state index in [1.807, 2.05) is 30.3 Å². The Morgan fingerprint density at radius 2 is 1.83 bits per heavy atom. The van der Waals surface area contributed by atoms with Crippen molar-refractivity contribution < 1.29 is 23.8 Å². The number of hydrogen-bond acceptors (Lipinski definition) is 5. The van der Waals surface area contributed by atoms with Crippen LogP contribution in [0, 0.1) is 0 Å². The van der Waals surface area contributed by atoms with E-state index in [4.69, 9.17) is 14.2 Å². The third kappa shape index (κ3) is 6.68. The van der Waals surface area contributed by atoms with Crippen molar-refractivity contribution in [2.24, 2.45) is 0 Å². The van der Waals surface area contributed by atoms with Gasteiger partial charge < -0.3 is 19.5 Å². The lowest BCUT2D eigenvalue weighted by Crippen LogP contribution is -2.31. The van der Waals surface area contributed by atoms with E-state index in [1.54, 1.807) is 38.1 Å². The summed E-state index contributed by atoms with van der Waals surface area (Å²) in [6.45, 7) is 7.52. The molecule has 1 unspecified atom stereocenters. The minimum Gasteiger partial charge on any atom is -0.493 e. The molecule has 0 saturated carbocycles. The predicted octanol–water partition coefficient (Wildman–Crippen LogP) is 4.07. The van der Waals surface area contributed by atoms with Crippen molar-refractivity contribution in [3.8, 4) is 11.5 Å². The van der Waals surface area contributed by atoms with Crippen LogP contribution in [0.2, 0.25) is 0 Å². The molecule has 2 rings (SSSR count). The van der Waals surface area contributed by atoms with E-state index in [0.29, 0.717) is 23.7 Å². The van der Waals surface area contributed by atoms with Crippen LogP contribution in [0.4, 0.5) is 0 Å². The molecule has 0 spiro atoms. The fourth-order valence-electron chi connectivity index (χ4n) is 2.73. The molecule has 154 valence electrons. The van der Waals surface area contributed by atoms with E-state index in [2.05, 4.69) is 11.9 Å². The number of esters is 1. The van der Waals surface area contributed by atoms with Crippen molar-refractivity contribution in [1.82, 2.24) is 5.32 Å². The molecule has 0 heterocycles. The normalized spacial score (nSPS) is 11.4. The highest BCUT2D eigenvalue weighted by Crippen LogP contribution is 2.28. The summed E-state index contributed by atoms with van der Waals surface area (Å²) in [6.07, 6.45) is 1.44. The molecule has 0 aliphatic rings. The van der Waals surface area contributed by atoms with Crippen molar-refractivity contribution in [3.05, 3.63) is 72.3 Å². The minimum absolute atomic E-state index is 0.0333. The molecular weight excluding hydrogens is 370 g/mol. The van der Waals surface area contributed by atoms with E-state index in [1.165, 1.54) is 7.11 Å². The SMILES string of the molecule is C=CCOc1ccc(C(=O)NC(CC(=O)OC(C)C)c2ccccc2)cc1OC. The molecule has 2 aromatic rings. The Morgan fingerprint density at radius 1 is 1.10 bits per heavy atom. The average molecular weight is 397 g/mol. The largest absolute Gasteiger partial charge is 0.493 e. The molecule has 0 aliphatic heterocycles. The summed E-state index contributed by atoms with van der Waals surface area (Å²) < 4.78 is 16.1. The van der Waals surface area contributed by atoms with Gasteiger partial charge in [0.15, 0.2) is 11.5 Å².